The molecular weight excluding hydrogens is 506 g/mol. The Morgan fingerprint density at radius 1 is 1.20 bits per heavy atom. The number of carbonyl (C=O) groups is 3. The van der Waals surface area contributed by atoms with Crippen molar-refractivity contribution in [3.8, 4) is 0 Å². The summed E-state index contributed by atoms with van der Waals surface area (Å²) < 4.78 is 6.66. The highest BCUT2D eigenvalue weighted by molar-refractivity contribution is 6.05. The molecule has 3 fully saturated rings. The average Bonchev–Trinajstić information content (AvgIpc) is 3.56. The van der Waals surface area contributed by atoms with Crippen molar-refractivity contribution in [2.75, 3.05) is 31.1 Å². The molecule has 8 heteroatoms. The van der Waals surface area contributed by atoms with Crippen LogP contribution in [0.15, 0.2) is 43.5 Å². The van der Waals surface area contributed by atoms with Crippen molar-refractivity contribution in [2.45, 2.75) is 77.7 Å². The number of benzene rings is 1. The summed E-state index contributed by atoms with van der Waals surface area (Å²) in [5.41, 5.74) is 1.56. The van der Waals surface area contributed by atoms with Gasteiger partial charge in [-0.2, -0.15) is 0 Å². The number of rotatable bonds is 12. The molecule has 3 aliphatic heterocycles. The van der Waals surface area contributed by atoms with Crippen LogP contribution in [0.4, 0.5) is 5.69 Å². The molecule has 6 atom stereocenters. The molecule has 1 aromatic rings. The second-order valence-corrected chi connectivity index (χ2v) is 11.9. The topological polar surface area (TPSA) is 90.4 Å². The first kappa shape index (κ1) is 30.0. The zero-order valence-corrected chi connectivity index (χ0v) is 24.6. The van der Waals surface area contributed by atoms with Gasteiger partial charge in [0.2, 0.25) is 11.8 Å². The number of carbonyl (C=O) groups excluding carboxylic acids is 3. The molecule has 2 unspecified atom stereocenters. The summed E-state index contributed by atoms with van der Waals surface area (Å²) in [5, 5.41) is 10.5. The highest BCUT2D eigenvalue weighted by atomic mass is 16.5. The molecule has 40 heavy (non-hydrogen) atoms. The molecule has 8 nitrogen and oxygen atoms in total. The molecule has 1 N–H and O–H groups in total. The lowest BCUT2D eigenvalue weighted by molar-refractivity contribution is -0.148. The van der Waals surface area contributed by atoms with E-state index in [1.807, 2.05) is 52.8 Å². The molecule has 1 spiro atoms. The van der Waals surface area contributed by atoms with Crippen molar-refractivity contribution in [1.82, 2.24) is 9.80 Å². The maximum absolute atomic E-state index is 14.8. The van der Waals surface area contributed by atoms with Crippen LogP contribution < -0.4 is 4.90 Å². The summed E-state index contributed by atoms with van der Waals surface area (Å²) in [5.74, 6) is -2.24. The lowest BCUT2D eigenvalue weighted by atomic mass is 9.70. The fraction of sp³-hybridized carbons (Fsp3) is 0.594. The Morgan fingerprint density at radius 2 is 1.90 bits per heavy atom. The van der Waals surface area contributed by atoms with Gasteiger partial charge in [0.25, 0.3) is 5.91 Å². The molecular formula is C32H45N3O5. The van der Waals surface area contributed by atoms with Crippen LogP contribution in [0, 0.1) is 31.6 Å². The second kappa shape index (κ2) is 11.9. The van der Waals surface area contributed by atoms with E-state index < -0.39 is 35.6 Å². The van der Waals surface area contributed by atoms with E-state index in [0.717, 1.165) is 23.2 Å². The van der Waals surface area contributed by atoms with E-state index in [1.54, 1.807) is 26.9 Å². The molecule has 3 amide bonds. The van der Waals surface area contributed by atoms with E-state index in [0.29, 0.717) is 25.9 Å². The quantitative estimate of drug-likeness (QED) is 0.401. The van der Waals surface area contributed by atoms with Crippen molar-refractivity contribution >= 4 is 23.4 Å². The van der Waals surface area contributed by atoms with E-state index in [2.05, 4.69) is 13.2 Å². The first-order valence-electron chi connectivity index (χ1n) is 14.6. The van der Waals surface area contributed by atoms with Gasteiger partial charge in [-0.1, -0.05) is 45.1 Å². The monoisotopic (exact) mass is 551 g/mol. The molecule has 2 bridgehead atoms. The minimum absolute atomic E-state index is 0.114. The Balaban J connectivity index is 1.85. The first-order valence-corrected chi connectivity index (χ1v) is 14.6. The molecule has 4 rings (SSSR count). The van der Waals surface area contributed by atoms with Crippen LogP contribution >= 0.6 is 0 Å². The maximum Gasteiger partial charge on any atom is 0.253 e. The van der Waals surface area contributed by atoms with E-state index >= 15 is 0 Å². The first-order chi connectivity index (χ1) is 19.1. The maximum atomic E-state index is 14.8. The number of hydrogen-bond acceptors (Lipinski definition) is 5. The van der Waals surface area contributed by atoms with Crippen LogP contribution in [0.5, 0.6) is 0 Å². The van der Waals surface area contributed by atoms with Crippen LogP contribution in [-0.4, -0.2) is 82.7 Å². The standard InChI is InChI=1S/C32H45N3O5/c1-8-15-33(16-9-2)29(37)26-25-13-14-32(40-25)27(26)30(38)35(24(19-36)20(4)5)28(32)31(39)34(17-10-3)23-18-21(6)11-12-22(23)7/h8,10-12,18,20,24-28,36H,1,3,9,13-17,19H2,2,4-7H3/t24-,25-,26+,27-,28?,32?/m0/s1. The van der Waals surface area contributed by atoms with Gasteiger partial charge in [0.15, 0.2) is 0 Å². The summed E-state index contributed by atoms with van der Waals surface area (Å²) in [6, 6.07) is 4.39. The molecule has 0 aliphatic carbocycles. The van der Waals surface area contributed by atoms with Crippen LogP contribution in [0.2, 0.25) is 0 Å². The average molecular weight is 552 g/mol. The van der Waals surface area contributed by atoms with E-state index in [1.165, 1.54) is 0 Å². The Labute approximate surface area is 238 Å². The number of amides is 3. The summed E-state index contributed by atoms with van der Waals surface area (Å²) in [4.78, 5) is 48.1. The van der Waals surface area contributed by atoms with Crippen LogP contribution in [0.25, 0.3) is 0 Å². The number of anilines is 1. The largest absolute Gasteiger partial charge is 0.394 e. The predicted molar refractivity (Wildman–Crippen MR) is 156 cm³/mol. The van der Waals surface area contributed by atoms with E-state index in [-0.39, 0.29) is 36.8 Å². The van der Waals surface area contributed by atoms with Gasteiger partial charge in [-0.25, -0.2) is 0 Å². The Kier molecular flexibility index (Phi) is 8.90. The fourth-order valence-electron chi connectivity index (χ4n) is 7.15. The summed E-state index contributed by atoms with van der Waals surface area (Å²) in [7, 11) is 0. The number of aryl methyl sites for hydroxylation is 2. The fourth-order valence-corrected chi connectivity index (χ4v) is 7.15. The molecule has 0 saturated carbocycles. The number of ether oxygens (including phenoxy) is 1. The molecule has 218 valence electrons. The van der Waals surface area contributed by atoms with E-state index in [9.17, 15) is 19.5 Å². The van der Waals surface area contributed by atoms with Gasteiger partial charge < -0.3 is 24.5 Å². The second-order valence-electron chi connectivity index (χ2n) is 11.9. The minimum Gasteiger partial charge on any atom is -0.394 e. The number of likely N-dealkylation sites (tertiary alicyclic amines) is 1. The number of hydrogen-bond donors (Lipinski definition) is 1. The number of fused-ring (bicyclic) bond motifs is 1. The van der Waals surface area contributed by atoms with Crippen molar-refractivity contribution in [1.29, 1.82) is 0 Å². The zero-order valence-electron chi connectivity index (χ0n) is 24.6. The van der Waals surface area contributed by atoms with Crippen molar-refractivity contribution in [3.63, 3.8) is 0 Å². The van der Waals surface area contributed by atoms with Crippen LogP contribution in [0.1, 0.15) is 51.2 Å². The molecule has 1 aromatic carbocycles. The number of aliphatic hydroxyl groups excluding tert-OH is 1. The van der Waals surface area contributed by atoms with Gasteiger partial charge in [-0.3, -0.25) is 14.4 Å². The lowest BCUT2D eigenvalue weighted by Crippen LogP contribution is -2.60. The third-order valence-corrected chi connectivity index (χ3v) is 8.96. The van der Waals surface area contributed by atoms with Crippen LogP contribution in [-0.2, 0) is 19.1 Å². The lowest BCUT2D eigenvalue weighted by Gasteiger charge is -2.40. The Morgan fingerprint density at radius 3 is 2.50 bits per heavy atom. The molecule has 0 aromatic heterocycles. The molecule has 3 heterocycles. The SMILES string of the molecule is C=CCN(CCC)C(=O)[C@@H]1[C@@H]2CCC3(O2)C(C(=O)N(CC=C)c2cc(C)ccc2C)N([C@@H](CO)C(C)C)C(=O)[C@H]13. The normalized spacial score (nSPS) is 27.6. The zero-order chi connectivity index (χ0) is 29.4. The smallest absolute Gasteiger partial charge is 0.253 e. The molecule has 3 aliphatic rings. The van der Waals surface area contributed by atoms with Gasteiger partial charge in [-0.15, -0.1) is 13.2 Å². The highest BCUT2D eigenvalue weighted by Gasteiger charge is 2.75. The summed E-state index contributed by atoms with van der Waals surface area (Å²) in [6.07, 6.45) is 4.83. The van der Waals surface area contributed by atoms with Crippen molar-refractivity contribution in [2.24, 2.45) is 17.8 Å². The van der Waals surface area contributed by atoms with Gasteiger partial charge in [0.1, 0.15) is 11.6 Å². The Hall–Kier alpha value is -2.97. The minimum atomic E-state index is -1.13. The van der Waals surface area contributed by atoms with Gasteiger partial charge in [0, 0.05) is 25.3 Å². The third-order valence-electron chi connectivity index (χ3n) is 8.96. The van der Waals surface area contributed by atoms with Crippen molar-refractivity contribution in [3.05, 3.63) is 54.6 Å². The number of aliphatic hydroxyl groups is 1. The highest BCUT2D eigenvalue weighted by Crippen LogP contribution is 2.59. The van der Waals surface area contributed by atoms with Crippen LogP contribution in [0.3, 0.4) is 0 Å². The van der Waals surface area contributed by atoms with Gasteiger partial charge >= 0.3 is 0 Å². The predicted octanol–water partition coefficient (Wildman–Crippen LogP) is 3.64. The summed E-state index contributed by atoms with van der Waals surface area (Å²) in [6.45, 7) is 18.4. The van der Waals surface area contributed by atoms with Gasteiger partial charge in [0.05, 0.1) is 30.6 Å². The molecule has 0 radical (unpaired) electrons. The van der Waals surface area contributed by atoms with Crippen molar-refractivity contribution < 1.29 is 24.2 Å². The third kappa shape index (κ3) is 4.79. The van der Waals surface area contributed by atoms with Gasteiger partial charge in [-0.05, 0) is 56.2 Å². The van der Waals surface area contributed by atoms with E-state index in [4.69, 9.17) is 4.74 Å². The Bertz CT molecular complexity index is 1170. The molecule has 3 saturated heterocycles. The number of nitrogens with zero attached hydrogens (tertiary/aromatic N) is 3. The summed E-state index contributed by atoms with van der Waals surface area (Å²) >= 11 is 0.